The van der Waals surface area contributed by atoms with E-state index in [-0.39, 0.29) is 22.9 Å². The van der Waals surface area contributed by atoms with Crippen LogP contribution in [0.15, 0.2) is 30.3 Å². The number of carbonyl (C=O) groups is 1. The number of ether oxygens (including phenoxy) is 3. The van der Waals surface area contributed by atoms with Crippen molar-refractivity contribution >= 4 is 17.9 Å². The summed E-state index contributed by atoms with van der Waals surface area (Å²) in [7, 11) is 2.87. The molecule has 0 atom stereocenters. The van der Waals surface area contributed by atoms with E-state index in [1.165, 1.54) is 38.5 Å². The number of halogens is 2. The van der Waals surface area contributed by atoms with Gasteiger partial charge in [0.2, 0.25) is 5.75 Å². The van der Waals surface area contributed by atoms with Crippen molar-refractivity contribution in [1.29, 1.82) is 0 Å². The molecular formula is C16H14ClFO4. The van der Waals surface area contributed by atoms with Crippen molar-refractivity contribution in [2.24, 2.45) is 0 Å². The summed E-state index contributed by atoms with van der Waals surface area (Å²) in [5, 5.41) is 0.266. The van der Waals surface area contributed by atoms with Crippen molar-refractivity contribution in [3.8, 4) is 17.2 Å². The van der Waals surface area contributed by atoms with Crippen LogP contribution in [0, 0.1) is 5.82 Å². The molecule has 4 nitrogen and oxygen atoms in total. The summed E-state index contributed by atoms with van der Waals surface area (Å²) in [6.07, 6.45) is 0.669. The van der Waals surface area contributed by atoms with Crippen LogP contribution in [0.1, 0.15) is 15.9 Å². The van der Waals surface area contributed by atoms with Crippen molar-refractivity contribution in [3.05, 3.63) is 52.3 Å². The summed E-state index contributed by atoms with van der Waals surface area (Å²) < 4.78 is 29.7. The molecule has 2 aromatic rings. The van der Waals surface area contributed by atoms with Crippen molar-refractivity contribution in [3.63, 3.8) is 0 Å². The van der Waals surface area contributed by atoms with Gasteiger partial charge in [0, 0.05) is 11.1 Å². The van der Waals surface area contributed by atoms with E-state index < -0.39 is 5.82 Å². The topological polar surface area (TPSA) is 44.8 Å². The van der Waals surface area contributed by atoms with Gasteiger partial charge in [-0.15, -0.1) is 0 Å². The molecule has 0 radical (unpaired) electrons. The molecule has 0 spiro atoms. The second-order valence-electron chi connectivity index (χ2n) is 4.36. The molecule has 0 unspecified atom stereocenters. The molecule has 0 aliphatic heterocycles. The fourth-order valence-corrected chi connectivity index (χ4v) is 2.14. The van der Waals surface area contributed by atoms with Gasteiger partial charge in [0.1, 0.15) is 18.7 Å². The third-order valence-electron chi connectivity index (χ3n) is 3.04. The van der Waals surface area contributed by atoms with Crippen LogP contribution in [0.5, 0.6) is 17.2 Å². The van der Waals surface area contributed by atoms with Crippen LogP contribution in [0.25, 0.3) is 0 Å². The van der Waals surface area contributed by atoms with Crippen LogP contribution in [-0.2, 0) is 6.61 Å². The van der Waals surface area contributed by atoms with Gasteiger partial charge in [0.05, 0.1) is 19.2 Å². The summed E-state index contributed by atoms with van der Waals surface area (Å²) >= 11 is 5.96. The smallest absolute Gasteiger partial charge is 0.203 e. The zero-order chi connectivity index (χ0) is 16.1. The lowest BCUT2D eigenvalue weighted by atomic mass is 10.2. The highest BCUT2D eigenvalue weighted by molar-refractivity contribution is 6.31. The molecule has 0 aliphatic rings. The minimum Gasteiger partial charge on any atom is -0.493 e. The van der Waals surface area contributed by atoms with Gasteiger partial charge >= 0.3 is 0 Å². The Morgan fingerprint density at radius 2 is 1.82 bits per heavy atom. The quantitative estimate of drug-likeness (QED) is 0.756. The van der Waals surface area contributed by atoms with Crippen LogP contribution >= 0.6 is 11.6 Å². The van der Waals surface area contributed by atoms with Gasteiger partial charge in [0.25, 0.3) is 0 Å². The molecule has 0 amide bonds. The molecule has 0 N–H and O–H groups in total. The molecular weight excluding hydrogens is 311 g/mol. The predicted molar refractivity (Wildman–Crippen MR) is 80.7 cm³/mol. The van der Waals surface area contributed by atoms with Gasteiger partial charge in [0.15, 0.2) is 11.5 Å². The molecule has 0 fully saturated rings. The molecule has 0 saturated carbocycles. The van der Waals surface area contributed by atoms with Crippen LogP contribution in [-0.4, -0.2) is 20.5 Å². The average Bonchev–Trinajstić information content (AvgIpc) is 2.53. The number of aldehydes is 1. The average molecular weight is 325 g/mol. The Labute approximate surface area is 132 Å². The van der Waals surface area contributed by atoms with Crippen molar-refractivity contribution < 1.29 is 23.4 Å². The van der Waals surface area contributed by atoms with E-state index in [1.807, 2.05) is 0 Å². The van der Waals surface area contributed by atoms with E-state index in [4.69, 9.17) is 25.8 Å². The van der Waals surface area contributed by atoms with Crippen LogP contribution in [0.2, 0.25) is 5.02 Å². The SMILES string of the molecule is COc1cc(C=O)cc(OC)c1OCc1c(F)cccc1Cl. The summed E-state index contributed by atoms with van der Waals surface area (Å²) in [4.78, 5) is 10.9. The zero-order valence-electron chi connectivity index (χ0n) is 12.1. The number of methoxy groups -OCH3 is 2. The third kappa shape index (κ3) is 3.31. The van der Waals surface area contributed by atoms with E-state index in [2.05, 4.69) is 0 Å². The summed E-state index contributed by atoms with van der Waals surface area (Å²) in [6, 6.07) is 7.41. The van der Waals surface area contributed by atoms with E-state index in [0.29, 0.717) is 23.3 Å². The van der Waals surface area contributed by atoms with Crippen LogP contribution in [0.3, 0.4) is 0 Å². The normalized spacial score (nSPS) is 10.2. The van der Waals surface area contributed by atoms with Gasteiger partial charge in [-0.2, -0.15) is 0 Å². The molecule has 0 bridgehead atoms. The lowest BCUT2D eigenvalue weighted by Gasteiger charge is -2.15. The van der Waals surface area contributed by atoms with E-state index in [1.54, 1.807) is 6.07 Å². The highest BCUT2D eigenvalue weighted by Crippen LogP contribution is 2.39. The largest absolute Gasteiger partial charge is 0.493 e. The Morgan fingerprint density at radius 3 is 2.32 bits per heavy atom. The van der Waals surface area contributed by atoms with E-state index in [9.17, 15) is 9.18 Å². The Balaban J connectivity index is 2.34. The summed E-state index contributed by atoms with van der Waals surface area (Å²) in [5.41, 5.74) is 0.609. The molecule has 22 heavy (non-hydrogen) atoms. The highest BCUT2D eigenvalue weighted by Gasteiger charge is 2.16. The molecule has 2 rings (SSSR count). The first kappa shape index (κ1) is 16.1. The van der Waals surface area contributed by atoms with Gasteiger partial charge in [-0.05, 0) is 24.3 Å². The van der Waals surface area contributed by atoms with Crippen molar-refractivity contribution in [2.45, 2.75) is 6.61 Å². The maximum atomic E-state index is 13.8. The third-order valence-corrected chi connectivity index (χ3v) is 3.40. The van der Waals surface area contributed by atoms with E-state index >= 15 is 0 Å². The Hall–Kier alpha value is -2.27. The molecule has 0 aliphatic carbocycles. The number of hydrogen-bond donors (Lipinski definition) is 0. The lowest BCUT2D eigenvalue weighted by molar-refractivity contribution is 0.112. The monoisotopic (exact) mass is 324 g/mol. The molecule has 0 saturated heterocycles. The van der Waals surface area contributed by atoms with Crippen molar-refractivity contribution in [1.82, 2.24) is 0 Å². The summed E-state index contributed by atoms with van der Waals surface area (Å²) in [5.74, 6) is 0.438. The second-order valence-corrected chi connectivity index (χ2v) is 4.77. The van der Waals surface area contributed by atoms with Crippen molar-refractivity contribution in [2.75, 3.05) is 14.2 Å². The zero-order valence-corrected chi connectivity index (χ0v) is 12.8. The fraction of sp³-hybridized carbons (Fsp3) is 0.188. The first-order chi connectivity index (χ1) is 10.6. The minimum atomic E-state index is -0.463. The Morgan fingerprint density at radius 1 is 1.18 bits per heavy atom. The first-order valence-electron chi connectivity index (χ1n) is 6.37. The highest BCUT2D eigenvalue weighted by atomic mass is 35.5. The number of rotatable bonds is 6. The predicted octanol–water partition coefficient (Wildman–Crippen LogP) is 3.89. The number of carbonyl (C=O) groups excluding carboxylic acids is 1. The molecule has 116 valence electrons. The summed E-state index contributed by atoms with van der Waals surface area (Å²) in [6.45, 7) is -0.0985. The molecule has 6 heteroatoms. The van der Waals surface area contributed by atoms with Gasteiger partial charge in [-0.25, -0.2) is 4.39 Å². The van der Waals surface area contributed by atoms with Crippen LogP contribution < -0.4 is 14.2 Å². The maximum absolute atomic E-state index is 13.8. The van der Waals surface area contributed by atoms with Gasteiger partial charge in [-0.1, -0.05) is 17.7 Å². The maximum Gasteiger partial charge on any atom is 0.203 e. The number of hydrogen-bond acceptors (Lipinski definition) is 4. The second kappa shape index (κ2) is 7.13. The fourth-order valence-electron chi connectivity index (χ4n) is 1.93. The number of benzene rings is 2. The molecule has 2 aromatic carbocycles. The molecule has 0 heterocycles. The Kier molecular flexibility index (Phi) is 5.22. The van der Waals surface area contributed by atoms with E-state index in [0.717, 1.165) is 0 Å². The minimum absolute atomic E-state index is 0.0985. The standard InChI is InChI=1S/C16H14ClFO4/c1-20-14-6-10(8-19)7-15(21-2)16(14)22-9-11-12(17)4-3-5-13(11)18/h3-8H,9H2,1-2H3. The molecule has 0 aromatic heterocycles. The van der Waals surface area contributed by atoms with Gasteiger partial charge < -0.3 is 14.2 Å². The van der Waals surface area contributed by atoms with Crippen LogP contribution in [0.4, 0.5) is 4.39 Å². The first-order valence-corrected chi connectivity index (χ1v) is 6.75. The lowest BCUT2D eigenvalue weighted by Crippen LogP contribution is -2.03. The van der Waals surface area contributed by atoms with Gasteiger partial charge in [-0.3, -0.25) is 4.79 Å². The Bertz CT molecular complexity index is 643.